The maximum atomic E-state index is 13.2. The van der Waals surface area contributed by atoms with Gasteiger partial charge in [0.1, 0.15) is 0 Å². The number of amides is 3. The topological polar surface area (TPSA) is 124 Å². The molecule has 164 valence electrons. The molecule has 1 aromatic rings. The first-order valence-corrected chi connectivity index (χ1v) is 11.2. The van der Waals surface area contributed by atoms with E-state index in [2.05, 4.69) is 0 Å². The predicted molar refractivity (Wildman–Crippen MR) is 110 cm³/mol. The number of benzene rings is 1. The summed E-state index contributed by atoms with van der Waals surface area (Å²) in [4.78, 5) is 41.9. The molecule has 11 heteroatoms. The quantitative estimate of drug-likeness (QED) is 0.573. The number of carbonyl (C=O) groups excluding carboxylic acids is 3. The number of likely N-dealkylation sites (N-methyl/N-ethyl adjacent to an activating group) is 2. The van der Waals surface area contributed by atoms with Gasteiger partial charge < -0.3 is 20.4 Å². The zero-order chi connectivity index (χ0) is 22.1. The van der Waals surface area contributed by atoms with Crippen molar-refractivity contribution in [2.24, 2.45) is 5.73 Å². The van der Waals surface area contributed by atoms with Crippen molar-refractivity contribution in [3.63, 3.8) is 0 Å². The lowest BCUT2D eigenvalue weighted by Gasteiger charge is -2.35. The van der Waals surface area contributed by atoms with Crippen molar-refractivity contribution in [3.05, 3.63) is 24.3 Å². The standard InChI is InChI=1S/C19H27N5O5S/c1-21-9-11-23(12-10-21)19(27)17(18(20)26)22(2)30(28,29)15-6-3-5-14(13-15)24-8-4-7-16(24)25/h3,5-6,13,17H,4,7-12H2,1-2H3,(H2,20,26)/t17-/m0/s1. The molecular formula is C19H27N5O5S. The van der Waals surface area contributed by atoms with Crippen LogP contribution in [0.4, 0.5) is 5.69 Å². The van der Waals surface area contributed by atoms with Crippen LogP contribution in [0.3, 0.4) is 0 Å². The van der Waals surface area contributed by atoms with E-state index in [0.717, 1.165) is 4.31 Å². The summed E-state index contributed by atoms with van der Waals surface area (Å²) in [5.41, 5.74) is 5.90. The van der Waals surface area contributed by atoms with E-state index in [0.29, 0.717) is 51.3 Å². The minimum atomic E-state index is -4.21. The maximum Gasteiger partial charge on any atom is 0.250 e. The molecule has 0 unspecified atom stereocenters. The number of primary amides is 1. The molecule has 2 fully saturated rings. The molecular weight excluding hydrogens is 410 g/mol. The van der Waals surface area contributed by atoms with Crippen LogP contribution in [-0.4, -0.2) is 93.1 Å². The fourth-order valence-corrected chi connectivity index (χ4v) is 5.02. The first kappa shape index (κ1) is 22.2. The molecule has 10 nitrogen and oxygen atoms in total. The highest BCUT2D eigenvalue weighted by atomic mass is 32.2. The Hall–Kier alpha value is -2.50. The number of hydrogen-bond acceptors (Lipinski definition) is 6. The Balaban J connectivity index is 1.87. The molecule has 3 rings (SSSR count). The minimum absolute atomic E-state index is 0.0711. The van der Waals surface area contributed by atoms with E-state index in [1.54, 1.807) is 6.07 Å². The molecule has 2 heterocycles. The van der Waals surface area contributed by atoms with Crippen molar-refractivity contribution in [2.45, 2.75) is 23.8 Å². The van der Waals surface area contributed by atoms with Crippen LogP contribution >= 0.6 is 0 Å². The van der Waals surface area contributed by atoms with Crippen LogP contribution in [0.5, 0.6) is 0 Å². The molecule has 3 amide bonds. The van der Waals surface area contributed by atoms with Gasteiger partial charge in [0, 0.05) is 51.9 Å². The second-order valence-electron chi connectivity index (χ2n) is 7.60. The molecule has 0 radical (unpaired) electrons. The SMILES string of the molecule is CN1CCN(C(=O)[C@H](C(N)=O)N(C)S(=O)(=O)c2cccc(N3CCCC3=O)c2)CC1. The zero-order valence-corrected chi connectivity index (χ0v) is 18.0. The maximum absolute atomic E-state index is 13.2. The fraction of sp³-hybridized carbons (Fsp3) is 0.526. The molecule has 1 aromatic carbocycles. The van der Waals surface area contributed by atoms with Gasteiger partial charge in [0.25, 0.3) is 5.91 Å². The molecule has 2 N–H and O–H groups in total. The normalized spacial score (nSPS) is 19.4. The number of carbonyl (C=O) groups is 3. The Bertz CT molecular complexity index is 942. The van der Waals surface area contributed by atoms with Gasteiger partial charge >= 0.3 is 0 Å². The molecule has 2 aliphatic rings. The molecule has 2 aliphatic heterocycles. The molecule has 0 spiro atoms. The monoisotopic (exact) mass is 437 g/mol. The van der Waals surface area contributed by atoms with Gasteiger partial charge in [-0.25, -0.2) is 8.42 Å². The minimum Gasteiger partial charge on any atom is -0.368 e. The zero-order valence-electron chi connectivity index (χ0n) is 17.2. The molecule has 1 atom stereocenters. The Kier molecular flexibility index (Phi) is 6.44. The Morgan fingerprint density at radius 2 is 1.80 bits per heavy atom. The van der Waals surface area contributed by atoms with E-state index in [1.165, 1.54) is 35.0 Å². The van der Waals surface area contributed by atoms with Crippen molar-refractivity contribution in [3.8, 4) is 0 Å². The molecule has 0 aromatic heterocycles. The second-order valence-corrected chi connectivity index (χ2v) is 9.60. The number of nitrogens with zero attached hydrogens (tertiary/aromatic N) is 4. The van der Waals surface area contributed by atoms with E-state index in [-0.39, 0.29) is 10.8 Å². The third-order valence-corrected chi connectivity index (χ3v) is 7.38. The summed E-state index contributed by atoms with van der Waals surface area (Å²) >= 11 is 0. The van der Waals surface area contributed by atoms with Crippen LogP contribution in [0.25, 0.3) is 0 Å². The highest BCUT2D eigenvalue weighted by molar-refractivity contribution is 7.89. The highest BCUT2D eigenvalue weighted by Gasteiger charge is 2.40. The first-order chi connectivity index (χ1) is 14.1. The smallest absolute Gasteiger partial charge is 0.250 e. The number of anilines is 1. The predicted octanol–water partition coefficient (Wildman–Crippen LogP) is -0.938. The molecule has 0 aliphatic carbocycles. The number of hydrogen-bond donors (Lipinski definition) is 1. The van der Waals surface area contributed by atoms with E-state index in [9.17, 15) is 22.8 Å². The Labute approximate surface area is 176 Å². The lowest BCUT2D eigenvalue weighted by Crippen LogP contribution is -2.58. The van der Waals surface area contributed by atoms with Crippen LogP contribution in [0, 0.1) is 0 Å². The van der Waals surface area contributed by atoms with Gasteiger partial charge in [-0.05, 0) is 31.7 Å². The summed E-state index contributed by atoms with van der Waals surface area (Å²) in [6.45, 7) is 2.54. The van der Waals surface area contributed by atoms with Gasteiger partial charge in [0.05, 0.1) is 4.90 Å². The fourth-order valence-electron chi connectivity index (χ4n) is 3.69. The highest BCUT2D eigenvalue weighted by Crippen LogP contribution is 2.26. The largest absolute Gasteiger partial charge is 0.368 e. The van der Waals surface area contributed by atoms with Gasteiger partial charge in [-0.15, -0.1) is 0 Å². The average Bonchev–Trinajstić information content (AvgIpc) is 3.14. The summed E-state index contributed by atoms with van der Waals surface area (Å²) < 4.78 is 27.1. The van der Waals surface area contributed by atoms with Crippen LogP contribution in [-0.2, 0) is 24.4 Å². The number of sulfonamides is 1. The van der Waals surface area contributed by atoms with Gasteiger partial charge in [-0.2, -0.15) is 4.31 Å². The van der Waals surface area contributed by atoms with E-state index in [4.69, 9.17) is 5.73 Å². The summed E-state index contributed by atoms with van der Waals surface area (Å²) in [5.74, 6) is -1.73. The van der Waals surface area contributed by atoms with Gasteiger partial charge in [0.2, 0.25) is 21.8 Å². The lowest BCUT2D eigenvalue weighted by atomic mass is 10.2. The molecule has 2 saturated heterocycles. The first-order valence-electron chi connectivity index (χ1n) is 9.78. The van der Waals surface area contributed by atoms with Crippen LogP contribution < -0.4 is 10.6 Å². The van der Waals surface area contributed by atoms with Gasteiger partial charge in [0.15, 0.2) is 6.04 Å². The van der Waals surface area contributed by atoms with Gasteiger partial charge in [-0.3, -0.25) is 14.4 Å². The van der Waals surface area contributed by atoms with E-state index in [1.807, 2.05) is 11.9 Å². The van der Waals surface area contributed by atoms with Crippen molar-refractivity contribution in [1.82, 2.24) is 14.1 Å². The number of piperazine rings is 1. The summed E-state index contributed by atoms with van der Waals surface area (Å²) in [6.07, 6.45) is 1.12. The van der Waals surface area contributed by atoms with Gasteiger partial charge in [-0.1, -0.05) is 6.07 Å². The summed E-state index contributed by atoms with van der Waals surface area (Å²) in [5, 5.41) is 0. The third kappa shape index (κ3) is 4.32. The molecule has 0 saturated carbocycles. The van der Waals surface area contributed by atoms with Crippen molar-refractivity contribution >= 4 is 33.4 Å². The molecule has 30 heavy (non-hydrogen) atoms. The second kappa shape index (κ2) is 8.70. The molecule has 0 bridgehead atoms. The summed E-state index contributed by atoms with van der Waals surface area (Å²) in [7, 11) is -1.12. The summed E-state index contributed by atoms with van der Waals surface area (Å²) in [6, 6.07) is 4.30. The third-order valence-electron chi connectivity index (χ3n) is 5.56. The Morgan fingerprint density at radius 3 is 2.37 bits per heavy atom. The average molecular weight is 438 g/mol. The van der Waals surface area contributed by atoms with Crippen LogP contribution in [0.1, 0.15) is 12.8 Å². The van der Waals surface area contributed by atoms with Crippen molar-refractivity contribution < 1.29 is 22.8 Å². The van der Waals surface area contributed by atoms with Crippen LogP contribution in [0.15, 0.2) is 29.2 Å². The van der Waals surface area contributed by atoms with Crippen LogP contribution in [0.2, 0.25) is 0 Å². The van der Waals surface area contributed by atoms with Crippen molar-refractivity contribution in [1.29, 1.82) is 0 Å². The lowest BCUT2D eigenvalue weighted by molar-refractivity contribution is -0.141. The van der Waals surface area contributed by atoms with Crippen molar-refractivity contribution in [2.75, 3.05) is 51.7 Å². The van der Waals surface area contributed by atoms with E-state index < -0.39 is 27.9 Å². The number of nitrogens with two attached hydrogens (primary N) is 1. The number of rotatable bonds is 6. The van der Waals surface area contributed by atoms with E-state index >= 15 is 0 Å². The Morgan fingerprint density at radius 1 is 1.13 bits per heavy atom.